The summed E-state index contributed by atoms with van der Waals surface area (Å²) >= 11 is 12.3. The van der Waals surface area contributed by atoms with Crippen LogP contribution in [0.3, 0.4) is 0 Å². The van der Waals surface area contributed by atoms with Crippen LogP contribution in [0.15, 0.2) is 64.8 Å². The average molecular weight is 502 g/mol. The van der Waals surface area contributed by atoms with Crippen molar-refractivity contribution in [3.63, 3.8) is 0 Å². The number of ketones is 1. The molecule has 34 heavy (non-hydrogen) atoms. The third-order valence-corrected chi connectivity index (χ3v) is 5.87. The lowest BCUT2D eigenvalue weighted by Crippen LogP contribution is -2.29. The number of aromatic carboxylic acids is 1. The number of hydrogen-bond acceptors (Lipinski definition) is 6. The van der Waals surface area contributed by atoms with E-state index in [1.165, 1.54) is 42.5 Å². The Kier molecular flexibility index (Phi) is 6.37. The molecule has 4 rings (SSSR count). The van der Waals surface area contributed by atoms with Gasteiger partial charge in [0, 0.05) is 11.6 Å². The maximum Gasteiger partial charge on any atom is 0.335 e. The van der Waals surface area contributed by atoms with Crippen LogP contribution >= 0.6 is 23.2 Å². The van der Waals surface area contributed by atoms with Gasteiger partial charge in [0.1, 0.15) is 23.3 Å². The van der Waals surface area contributed by atoms with Crippen LogP contribution in [0.5, 0.6) is 5.75 Å². The van der Waals surface area contributed by atoms with Gasteiger partial charge in [-0.3, -0.25) is 9.59 Å². The molecule has 0 bridgehead atoms. The minimum absolute atomic E-state index is 0.0416. The Morgan fingerprint density at radius 3 is 2.41 bits per heavy atom. The Bertz CT molecular complexity index is 1310. The van der Waals surface area contributed by atoms with Gasteiger partial charge in [-0.25, -0.2) is 4.79 Å². The number of rotatable bonds is 6. The lowest BCUT2D eigenvalue weighted by atomic mass is 9.98. The Labute approximate surface area is 203 Å². The number of benzene rings is 2. The predicted molar refractivity (Wildman–Crippen MR) is 123 cm³/mol. The van der Waals surface area contributed by atoms with E-state index >= 15 is 0 Å². The summed E-state index contributed by atoms with van der Waals surface area (Å²) in [5.41, 5.74) is 0.476. The lowest BCUT2D eigenvalue weighted by molar-refractivity contribution is -0.140. The van der Waals surface area contributed by atoms with Gasteiger partial charge >= 0.3 is 5.97 Å². The molecule has 3 aromatic rings. The fraction of sp³-hybridized carbons (Fsp3) is 0.125. The highest BCUT2D eigenvalue weighted by atomic mass is 35.5. The minimum Gasteiger partial charge on any atom is -0.507 e. The number of carbonyl (C=O) groups is 3. The van der Waals surface area contributed by atoms with E-state index in [2.05, 4.69) is 0 Å². The normalized spacial score (nSPS) is 17.3. The van der Waals surface area contributed by atoms with Crippen molar-refractivity contribution in [1.82, 2.24) is 4.90 Å². The molecule has 8 nitrogen and oxygen atoms in total. The van der Waals surface area contributed by atoms with Gasteiger partial charge in [0.25, 0.3) is 11.7 Å². The number of carboxylic acids is 1. The number of furan rings is 1. The summed E-state index contributed by atoms with van der Waals surface area (Å²) in [6.45, 7) is -0.0416. The average Bonchev–Trinajstić information content (AvgIpc) is 3.41. The maximum absolute atomic E-state index is 13.1. The first-order chi connectivity index (χ1) is 16.2. The topological polar surface area (TPSA) is 117 Å². The summed E-state index contributed by atoms with van der Waals surface area (Å²) in [6, 6.07) is 10.8. The first kappa shape index (κ1) is 23.4. The van der Waals surface area contributed by atoms with Crippen molar-refractivity contribution in [1.29, 1.82) is 0 Å². The van der Waals surface area contributed by atoms with Crippen LogP contribution < -0.4 is 4.74 Å². The van der Waals surface area contributed by atoms with Crippen molar-refractivity contribution in [3.8, 4) is 5.75 Å². The number of aliphatic hydroxyl groups excluding tert-OH is 1. The van der Waals surface area contributed by atoms with E-state index in [0.29, 0.717) is 5.56 Å². The molecule has 1 aromatic heterocycles. The van der Waals surface area contributed by atoms with Crippen molar-refractivity contribution < 1.29 is 33.8 Å². The zero-order valence-electron chi connectivity index (χ0n) is 17.6. The molecule has 1 aliphatic heterocycles. The SMILES string of the molecule is COc1c(Cl)cc(Cl)cc1/C(O)=C1/C(=O)C(=O)N(Cc2ccc(C(=O)O)cc2)C1c1ccco1. The number of amides is 1. The van der Waals surface area contributed by atoms with E-state index in [1.807, 2.05) is 0 Å². The number of hydrogen-bond donors (Lipinski definition) is 2. The van der Waals surface area contributed by atoms with Crippen LogP contribution in [0.25, 0.3) is 5.76 Å². The van der Waals surface area contributed by atoms with E-state index in [1.54, 1.807) is 24.3 Å². The zero-order chi connectivity index (χ0) is 24.6. The minimum atomic E-state index is -1.09. The molecule has 2 N–H and O–H groups in total. The molecule has 2 heterocycles. The summed E-state index contributed by atoms with van der Waals surface area (Å²) in [7, 11) is 1.34. The van der Waals surface area contributed by atoms with Gasteiger partial charge < -0.3 is 24.3 Å². The molecular formula is C24H17Cl2NO7. The summed E-state index contributed by atoms with van der Waals surface area (Å²) < 4.78 is 10.8. The molecule has 2 aromatic carbocycles. The fourth-order valence-corrected chi connectivity index (χ4v) is 4.39. The van der Waals surface area contributed by atoms with E-state index in [4.69, 9.17) is 37.5 Å². The number of aliphatic hydroxyl groups is 1. The van der Waals surface area contributed by atoms with Crippen LogP contribution in [0.2, 0.25) is 10.0 Å². The standard InChI is InChI=1S/C24H17Cl2NO7/c1-33-22-15(9-14(25)10-16(22)26)20(28)18-19(17-3-2-8-34-17)27(23(30)21(18)29)11-12-4-6-13(7-5-12)24(31)32/h2-10,19,28H,11H2,1H3,(H,31,32)/b20-18-. The van der Waals surface area contributed by atoms with Gasteiger partial charge in [0.15, 0.2) is 0 Å². The second-order valence-electron chi connectivity index (χ2n) is 7.41. The van der Waals surface area contributed by atoms with Crippen molar-refractivity contribution in [2.45, 2.75) is 12.6 Å². The molecule has 1 aliphatic rings. The molecule has 1 atom stereocenters. The molecule has 1 saturated heterocycles. The molecular weight excluding hydrogens is 485 g/mol. The Balaban J connectivity index is 1.84. The summed E-state index contributed by atoms with van der Waals surface area (Å²) in [5.74, 6) is -3.08. The van der Waals surface area contributed by atoms with Crippen molar-refractivity contribution >= 4 is 46.6 Å². The second kappa shape index (κ2) is 9.24. The smallest absolute Gasteiger partial charge is 0.335 e. The predicted octanol–water partition coefficient (Wildman–Crippen LogP) is 4.92. The molecule has 0 spiro atoms. The Morgan fingerprint density at radius 2 is 1.82 bits per heavy atom. The third kappa shape index (κ3) is 4.13. The molecule has 0 aliphatic carbocycles. The zero-order valence-corrected chi connectivity index (χ0v) is 19.1. The molecule has 0 saturated carbocycles. The van der Waals surface area contributed by atoms with Crippen molar-refractivity contribution in [2.24, 2.45) is 0 Å². The Hall–Kier alpha value is -3.75. The number of nitrogens with zero attached hydrogens (tertiary/aromatic N) is 1. The van der Waals surface area contributed by atoms with Crippen LogP contribution in [-0.4, -0.2) is 39.9 Å². The number of methoxy groups -OCH3 is 1. The second-order valence-corrected chi connectivity index (χ2v) is 8.26. The van der Waals surface area contributed by atoms with Crippen LogP contribution in [0.1, 0.15) is 33.3 Å². The quantitative estimate of drug-likeness (QED) is 0.279. The van der Waals surface area contributed by atoms with Crippen LogP contribution in [-0.2, 0) is 16.1 Å². The first-order valence-electron chi connectivity index (χ1n) is 9.90. The van der Waals surface area contributed by atoms with E-state index in [0.717, 1.165) is 0 Å². The summed E-state index contributed by atoms with van der Waals surface area (Å²) in [5, 5.41) is 20.6. The monoisotopic (exact) mass is 501 g/mol. The van der Waals surface area contributed by atoms with E-state index < -0.39 is 29.5 Å². The number of likely N-dealkylation sites (tertiary alicyclic amines) is 1. The van der Waals surface area contributed by atoms with E-state index in [9.17, 15) is 19.5 Å². The summed E-state index contributed by atoms with van der Waals surface area (Å²) in [4.78, 5) is 38.5. The lowest BCUT2D eigenvalue weighted by Gasteiger charge is -2.23. The van der Waals surface area contributed by atoms with Gasteiger partial charge in [-0.2, -0.15) is 0 Å². The van der Waals surface area contributed by atoms with Gasteiger partial charge in [-0.1, -0.05) is 35.3 Å². The van der Waals surface area contributed by atoms with Gasteiger partial charge in [-0.15, -0.1) is 0 Å². The van der Waals surface area contributed by atoms with Crippen molar-refractivity contribution in [2.75, 3.05) is 7.11 Å². The highest BCUT2D eigenvalue weighted by molar-refractivity contribution is 6.46. The highest BCUT2D eigenvalue weighted by Crippen LogP contribution is 2.43. The molecule has 1 fully saturated rings. The van der Waals surface area contributed by atoms with Gasteiger partial charge in [-0.05, 0) is 42.0 Å². The number of carboxylic acid groups (broad SMARTS) is 1. The molecule has 1 unspecified atom stereocenters. The Morgan fingerprint density at radius 1 is 1.12 bits per heavy atom. The number of carbonyl (C=O) groups excluding carboxylic acids is 2. The number of halogens is 2. The largest absolute Gasteiger partial charge is 0.507 e. The van der Waals surface area contributed by atoms with Crippen LogP contribution in [0.4, 0.5) is 0 Å². The highest BCUT2D eigenvalue weighted by Gasteiger charge is 2.47. The number of Topliss-reactive ketones (excluding diaryl/α,β-unsaturated/α-hetero) is 1. The molecule has 0 radical (unpaired) electrons. The molecule has 174 valence electrons. The fourth-order valence-electron chi connectivity index (χ4n) is 3.82. The molecule has 10 heteroatoms. The maximum atomic E-state index is 13.1. The number of ether oxygens (including phenoxy) is 1. The van der Waals surface area contributed by atoms with E-state index in [-0.39, 0.29) is 44.8 Å². The first-order valence-corrected chi connectivity index (χ1v) is 10.7. The van der Waals surface area contributed by atoms with Gasteiger partial charge in [0.2, 0.25) is 0 Å². The molecule has 1 amide bonds. The summed E-state index contributed by atoms with van der Waals surface area (Å²) in [6.07, 6.45) is 1.38. The third-order valence-electron chi connectivity index (χ3n) is 5.37. The van der Waals surface area contributed by atoms with Crippen molar-refractivity contribution in [3.05, 3.63) is 92.9 Å². The van der Waals surface area contributed by atoms with Crippen LogP contribution in [0, 0.1) is 0 Å². The van der Waals surface area contributed by atoms with Gasteiger partial charge in [0.05, 0.1) is 35.1 Å².